The first-order valence-corrected chi connectivity index (χ1v) is 7.09. The number of carbonyl (C=O) groups excluding carboxylic acids is 1. The van der Waals surface area contributed by atoms with Crippen molar-refractivity contribution in [3.8, 4) is 0 Å². The van der Waals surface area contributed by atoms with Crippen molar-refractivity contribution in [2.45, 2.75) is 25.7 Å². The van der Waals surface area contributed by atoms with Crippen molar-refractivity contribution >= 4 is 27.5 Å². The largest absolute Gasteiger partial charge is 0.352 e. The fourth-order valence-electron chi connectivity index (χ4n) is 2.07. The van der Waals surface area contributed by atoms with Crippen LogP contribution in [-0.4, -0.2) is 17.4 Å². The quantitative estimate of drug-likeness (QED) is 0.666. The molecule has 0 spiro atoms. The number of hydrogen-bond acceptors (Lipinski definition) is 3. The van der Waals surface area contributed by atoms with Crippen molar-refractivity contribution in [2.75, 3.05) is 6.54 Å². The normalized spacial score (nSPS) is 14.8. The number of halogens is 1. The first-order chi connectivity index (χ1) is 9.08. The van der Waals surface area contributed by atoms with Crippen LogP contribution in [0.3, 0.4) is 0 Å². The SMILES string of the molecule is O=C(NCCC1CCC1)c1ccc(Br)c([N+](=O)[O-])c1. The van der Waals surface area contributed by atoms with Crippen molar-refractivity contribution in [1.82, 2.24) is 5.32 Å². The molecule has 19 heavy (non-hydrogen) atoms. The average molecular weight is 327 g/mol. The Hall–Kier alpha value is -1.43. The topological polar surface area (TPSA) is 72.2 Å². The van der Waals surface area contributed by atoms with Crippen molar-refractivity contribution < 1.29 is 9.72 Å². The van der Waals surface area contributed by atoms with Crippen LogP contribution in [0.5, 0.6) is 0 Å². The van der Waals surface area contributed by atoms with E-state index < -0.39 is 4.92 Å². The monoisotopic (exact) mass is 326 g/mol. The van der Waals surface area contributed by atoms with E-state index in [1.807, 2.05) is 0 Å². The first kappa shape index (κ1) is 14.0. The Balaban J connectivity index is 1.94. The fourth-order valence-corrected chi connectivity index (χ4v) is 2.46. The van der Waals surface area contributed by atoms with Gasteiger partial charge in [0, 0.05) is 18.2 Å². The number of nitrogens with one attached hydrogen (secondary N) is 1. The van der Waals surface area contributed by atoms with Crippen LogP contribution in [0, 0.1) is 16.0 Å². The summed E-state index contributed by atoms with van der Waals surface area (Å²) < 4.78 is 0.378. The minimum absolute atomic E-state index is 0.0911. The molecule has 102 valence electrons. The van der Waals surface area contributed by atoms with Crippen LogP contribution in [0.2, 0.25) is 0 Å². The van der Waals surface area contributed by atoms with Gasteiger partial charge >= 0.3 is 0 Å². The summed E-state index contributed by atoms with van der Waals surface area (Å²) in [6.45, 7) is 0.632. The number of carbonyl (C=O) groups is 1. The molecule has 0 unspecified atom stereocenters. The number of nitro groups is 1. The zero-order valence-corrected chi connectivity index (χ0v) is 12.0. The molecular formula is C13H15BrN2O3. The van der Waals surface area contributed by atoms with Crippen molar-refractivity contribution in [3.63, 3.8) is 0 Å². The van der Waals surface area contributed by atoms with E-state index in [-0.39, 0.29) is 11.6 Å². The molecule has 0 aliphatic heterocycles. The van der Waals surface area contributed by atoms with Crippen LogP contribution in [-0.2, 0) is 0 Å². The highest BCUT2D eigenvalue weighted by Gasteiger charge is 2.18. The van der Waals surface area contributed by atoms with Gasteiger partial charge in [0.2, 0.25) is 0 Å². The molecule has 1 aromatic carbocycles. The van der Waals surface area contributed by atoms with Gasteiger partial charge in [-0.3, -0.25) is 14.9 Å². The van der Waals surface area contributed by atoms with Gasteiger partial charge in [0.25, 0.3) is 11.6 Å². The van der Waals surface area contributed by atoms with E-state index in [2.05, 4.69) is 21.2 Å². The van der Waals surface area contributed by atoms with E-state index in [9.17, 15) is 14.9 Å². The van der Waals surface area contributed by atoms with Gasteiger partial charge in [-0.25, -0.2) is 0 Å². The number of benzene rings is 1. The smallest absolute Gasteiger partial charge is 0.284 e. The van der Waals surface area contributed by atoms with Gasteiger partial charge in [-0.2, -0.15) is 0 Å². The molecule has 2 rings (SSSR count). The summed E-state index contributed by atoms with van der Waals surface area (Å²) in [6, 6.07) is 4.40. The van der Waals surface area contributed by atoms with Crippen LogP contribution < -0.4 is 5.32 Å². The Morgan fingerprint density at radius 2 is 2.21 bits per heavy atom. The van der Waals surface area contributed by atoms with Gasteiger partial charge in [-0.1, -0.05) is 19.3 Å². The standard InChI is InChI=1S/C13H15BrN2O3/c14-11-5-4-10(8-12(11)16(18)19)13(17)15-7-6-9-2-1-3-9/h4-5,8-9H,1-3,6-7H2,(H,15,17). The van der Waals surface area contributed by atoms with E-state index in [1.54, 1.807) is 6.07 Å². The highest BCUT2D eigenvalue weighted by molar-refractivity contribution is 9.10. The summed E-state index contributed by atoms with van der Waals surface area (Å²) in [5.74, 6) is 0.481. The van der Waals surface area contributed by atoms with E-state index in [4.69, 9.17) is 0 Å². The summed E-state index contributed by atoms with van der Waals surface area (Å²) in [5.41, 5.74) is 0.232. The van der Waals surface area contributed by atoms with Gasteiger partial charge < -0.3 is 5.32 Å². The second-order valence-corrected chi connectivity index (χ2v) is 5.62. The highest BCUT2D eigenvalue weighted by Crippen LogP contribution is 2.29. The predicted molar refractivity (Wildman–Crippen MR) is 75.1 cm³/mol. The molecule has 0 radical (unpaired) electrons. The average Bonchev–Trinajstić information content (AvgIpc) is 2.32. The minimum atomic E-state index is -0.505. The molecule has 0 saturated heterocycles. The predicted octanol–water partition coefficient (Wildman–Crippen LogP) is 3.28. The second kappa shape index (κ2) is 6.14. The summed E-state index contributed by atoms with van der Waals surface area (Å²) in [7, 11) is 0. The van der Waals surface area contributed by atoms with Crippen LogP contribution in [0.15, 0.2) is 22.7 Å². The van der Waals surface area contributed by atoms with E-state index >= 15 is 0 Å². The van der Waals surface area contributed by atoms with Crippen molar-refractivity contribution in [1.29, 1.82) is 0 Å². The van der Waals surface area contributed by atoms with Crippen molar-refractivity contribution in [2.24, 2.45) is 5.92 Å². The molecule has 1 aromatic rings. The zero-order valence-electron chi connectivity index (χ0n) is 10.4. The maximum atomic E-state index is 11.9. The van der Waals surface area contributed by atoms with Gasteiger partial charge in [-0.05, 0) is 40.4 Å². The molecule has 0 aromatic heterocycles. The molecular weight excluding hydrogens is 312 g/mol. The van der Waals surface area contributed by atoms with E-state index in [0.717, 1.165) is 12.3 Å². The summed E-state index contributed by atoms with van der Waals surface area (Å²) in [5, 5.41) is 13.6. The lowest BCUT2D eigenvalue weighted by Crippen LogP contribution is -2.27. The zero-order chi connectivity index (χ0) is 13.8. The maximum absolute atomic E-state index is 11.9. The highest BCUT2D eigenvalue weighted by atomic mass is 79.9. The number of amides is 1. The third-order valence-corrected chi connectivity index (χ3v) is 4.14. The molecule has 0 atom stereocenters. The molecule has 1 amide bonds. The molecule has 0 heterocycles. The molecule has 6 heteroatoms. The Labute approximate surface area is 119 Å². The van der Waals surface area contributed by atoms with Gasteiger partial charge in [-0.15, -0.1) is 0 Å². The van der Waals surface area contributed by atoms with E-state index in [0.29, 0.717) is 16.6 Å². The number of nitro benzene ring substituents is 1. The van der Waals surface area contributed by atoms with Gasteiger partial charge in [0.05, 0.1) is 9.40 Å². The minimum Gasteiger partial charge on any atom is -0.352 e. The molecule has 1 aliphatic carbocycles. The third-order valence-electron chi connectivity index (χ3n) is 3.47. The van der Waals surface area contributed by atoms with Gasteiger partial charge in [0.1, 0.15) is 0 Å². The Kier molecular flexibility index (Phi) is 4.52. The summed E-state index contributed by atoms with van der Waals surface area (Å²) in [4.78, 5) is 22.2. The number of hydrogen-bond donors (Lipinski definition) is 1. The Morgan fingerprint density at radius 1 is 1.47 bits per heavy atom. The number of rotatable bonds is 5. The lowest BCUT2D eigenvalue weighted by molar-refractivity contribution is -0.385. The van der Waals surface area contributed by atoms with E-state index in [1.165, 1.54) is 31.4 Å². The lowest BCUT2D eigenvalue weighted by Gasteiger charge is -2.25. The fraction of sp³-hybridized carbons (Fsp3) is 0.462. The Morgan fingerprint density at radius 3 is 2.79 bits per heavy atom. The molecule has 5 nitrogen and oxygen atoms in total. The molecule has 1 N–H and O–H groups in total. The molecule has 1 aliphatic rings. The molecule has 0 bridgehead atoms. The summed E-state index contributed by atoms with van der Waals surface area (Å²) >= 11 is 3.10. The number of nitrogens with zero attached hydrogens (tertiary/aromatic N) is 1. The van der Waals surface area contributed by atoms with Crippen LogP contribution in [0.25, 0.3) is 0 Å². The summed E-state index contributed by atoms with van der Waals surface area (Å²) in [6.07, 6.45) is 4.78. The Bertz CT molecular complexity index is 501. The van der Waals surface area contributed by atoms with Crippen LogP contribution in [0.1, 0.15) is 36.0 Å². The van der Waals surface area contributed by atoms with Crippen molar-refractivity contribution in [3.05, 3.63) is 38.3 Å². The third kappa shape index (κ3) is 3.53. The van der Waals surface area contributed by atoms with Crippen LogP contribution in [0.4, 0.5) is 5.69 Å². The first-order valence-electron chi connectivity index (χ1n) is 6.30. The van der Waals surface area contributed by atoms with Crippen LogP contribution >= 0.6 is 15.9 Å². The molecule has 1 fully saturated rings. The maximum Gasteiger partial charge on any atom is 0.284 e. The lowest BCUT2D eigenvalue weighted by atomic mass is 9.83. The van der Waals surface area contributed by atoms with Gasteiger partial charge in [0.15, 0.2) is 0 Å². The second-order valence-electron chi connectivity index (χ2n) is 4.76. The molecule has 1 saturated carbocycles.